The molecule has 1 aliphatic heterocycles. The Balaban J connectivity index is 1.85. The maximum Gasteiger partial charge on any atom is 0.251 e. The number of fused-ring (bicyclic) bond motifs is 1. The first-order chi connectivity index (χ1) is 14.5. The molecule has 1 aromatic heterocycles. The predicted molar refractivity (Wildman–Crippen MR) is 126 cm³/mol. The Hall–Kier alpha value is -2.59. The van der Waals surface area contributed by atoms with Crippen LogP contribution in [0.4, 0.5) is 5.69 Å². The van der Waals surface area contributed by atoms with E-state index in [1.807, 2.05) is 10.6 Å². The van der Waals surface area contributed by atoms with Crippen molar-refractivity contribution in [3.8, 4) is 0 Å². The molecule has 1 fully saturated rings. The maximum absolute atomic E-state index is 12.9. The van der Waals surface area contributed by atoms with Gasteiger partial charge in [0.1, 0.15) is 0 Å². The monoisotopic (exact) mass is 403 g/mol. The number of aromatic nitrogens is 1. The summed E-state index contributed by atoms with van der Waals surface area (Å²) in [4.78, 5) is 17.6. The third kappa shape index (κ3) is 4.01. The Morgan fingerprint density at radius 1 is 1.10 bits per heavy atom. The number of hydrogen-bond acceptors (Lipinski definition) is 3. The largest absolute Gasteiger partial charge is 0.345 e. The molecule has 0 radical (unpaired) electrons. The van der Waals surface area contributed by atoms with Crippen LogP contribution in [0.5, 0.6) is 0 Å². The highest BCUT2D eigenvalue weighted by Crippen LogP contribution is 2.25. The van der Waals surface area contributed by atoms with Crippen LogP contribution in [0.3, 0.4) is 0 Å². The average molecular weight is 404 g/mol. The molecule has 2 heterocycles. The van der Waals surface area contributed by atoms with E-state index in [9.17, 15) is 4.79 Å². The Morgan fingerprint density at radius 3 is 2.47 bits per heavy atom. The Kier molecular flexibility index (Phi) is 5.96. The summed E-state index contributed by atoms with van der Waals surface area (Å²) in [5.74, 6) is 0.447. The van der Waals surface area contributed by atoms with Crippen LogP contribution in [-0.2, 0) is 6.54 Å². The fourth-order valence-corrected chi connectivity index (χ4v) is 4.71. The van der Waals surface area contributed by atoms with E-state index in [0.29, 0.717) is 12.5 Å². The van der Waals surface area contributed by atoms with E-state index >= 15 is 0 Å². The standard InChI is InChI=1S/C26H33N3O/c1-5-29-25-8-6-7-22(28(4)21-11-9-19(2)10-12-21)17-24(25)23(18-26(29)30)20-13-15-27(3)16-14-20/h7-12,17-18,20H,5-6,13-16H2,1-4H3. The number of anilines is 1. The number of rotatable bonds is 4. The van der Waals surface area contributed by atoms with E-state index in [0.717, 1.165) is 37.7 Å². The molecule has 2 aliphatic rings. The summed E-state index contributed by atoms with van der Waals surface area (Å²) in [6.45, 7) is 7.05. The first-order valence-corrected chi connectivity index (χ1v) is 11.1. The van der Waals surface area contributed by atoms with Crippen LogP contribution in [0.2, 0.25) is 0 Å². The van der Waals surface area contributed by atoms with Crippen molar-refractivity contribution in [2.24, 2.45) is 0 Å². The van der Waals surface area contributed by atoms with Crippen LogP contribution < -0.4 is 21.0 Å². The van der Waals surface area contributed by atoms with Gasteiger partial charge in [-0.25, -0.2) is 0 Å². The lowest BCUT2D eigenvalue weighted by atomic mass is 9.88. The number of pyridine rings is 1. The summed E-state index contributed by atoms with van der Waals surface area (Å²) >= 11 is 0. The van der Waals surface area contributed by atoms with Gasteiger partial charge in [-0.05, 0) is 82.9 Å². The van der Waals surface area contributed by atoms with E-state index in [1.165, 1.54) is 27.7 Å². The van der Waals surface area contributed by atoms with Gasteiger partial charge in [-0.15, -0.1) is 0 Å². The highest BCUT2D eigenvalue weighted by molar-refractivity contribution is 5.64. The van der Waals surface area contributed by atoms with E-state index in [1.54, 1.807) is 0 Å². The van der Waals surface area contributed by atoms with Crippen molar-refractivity contribution in [1.82, 2.24) is 9.47 Å². The second-order valence-electron chi connectivity index (χ2n) is 8.67. The van der Waals surface area contributed by atoms with Crippen molar-refractivity contribution >= 4 is 17.8 Å². The Bertz CT molecular complexity index is 1120. The number of piperidine rings is 1. The zero-order valence-electron chi connectivity index (χ0n) is 18.7. The summed E-state index contributed by atoms with van der Waals surface area (Å²) in [6, 6.07) is 10.6. The van der Waals surface area contributed by atoms with Crippen molar-refractivity contribution in [2.75, 3.05) is 32.1 Å². The molecule has 0 unspecified atom stereocenters. The molecule has 4 heteroatoms. The molecule has 1 saturated heterocycles. The fourth-order valence-electron chi connectivity index (χ4n) is 4.71. The Morgan fingerprint density at radius 2 is 1.80 bits per heavy atom. The van der Waals surface area contributed by atoms with Crippen LogP contribution in [0, 0.1) is 6.92 Å². The van der Waals surface area contributed by atoms with Gasteiger partial charge in [0.2, 0.25) is 0 Å². The number of benzene rings is 1. The lowest BCUT2D eigenvalue weighted by Crippen LogP contribution is -2.46. The first-order valence-electron chi connectivity index (χ1n) is 11.1. The molecule has 0 saturated carbocycles. The molecule has 0 atom stereocenters. The van der Waals surface area contributed by atoms with Gasteiger partial charge < -0.3 is 14.4 Å². The minimum atomic E-state index is 0.130. The van der Waals surface area contributed by atoms with E-state index < -0.39 is 0 Å². The molecule has 2 aromatic rings. The second-order valence-corrected chi connectivity index (χ2v) is 8.67. The summed E-state index contributed by atoms with van der Waals surface area (Å²) < 4.78 is 1.92. The molecule has 0 spiro atoms. The van der Waals surface area contributed by atoms with Gasteiger partial charge in [0, 0.05) is 41.6 Å². The predicted octanol–water partition coefficient (Wildman–Crippen LogP) is 2.97. The molecule has 0 N–H and O–H groups in total. The van der Waals surface area contributed by atoms with Gasteiger partial charge >= 0.3 is 0 Å². The highest BCUT2D eigenvalue weighted by Gasteiger charge is 2.21. The smallest absolute Gasteiger partial charge is 0.251 e. The highest BCUT2D eigenvalue weighted by atomic mass is 16.1. The molecule has 30 heavy (non-hydrogen) atoms. The molecule has 1 aromatic carbocycles. The van der Waals surface area contributed by atoms with E-state index in [4.69, 9.17) is 0 Å². The molecule has 4 nitrogen and oxygen atoms in total. The van der Waals surface area contributed by atoms with Crippen LogP contribution in [0.25, 0.3) is 12.2 Å². The van der Waals surface area contributed by atoms with Gasteiger partial charge in [-0.2, -0.15) is 0 Å². The third-order valence-electron chi connectivity index (χ3n) is 6.64. The van der Waals surface area contributed by atoms with Gasteiger partial charge in [0.05, 0.1) is 0 Å². The van der Waals surface area contributed by atoms with Crippen LogP contribution in [0.15, 0.2) is 46.9 Å². The summed E-state index contributed by atoms with van der Waals surface area (Å²) in [5, 5.41) is 2.32. The van der Waals surface area contributed by atoms with Gasteiger partial charge in [0.15, 0.2) is 0 Å². The summed E-state index contributed by atoms with van der Waals surface area (Å²) in [7, 11) is 4.31. The van der Waals surface area contributed by atoms with Crippen molar-refractivity contribution in [1.29, 1.82) is 0 Å². The summed E-state index contributed by atoms with van der Waals surface area (Å²) in [5.41, 5.74) is 4.99. The third-order valence-corrected chi connectivity index (χ3v) is 6.64. The van der Waals surface area contributed by atoms with Crippen LogP contribution >= 0.6 is 0 Å². The van der Waals surface area contributed by atoms with E-state index in [-0.39, 0.29) is 5.56 Å². The van der Waals surface area contributed by atoms with Crippen molar-refractivity contribution in [2.45, 2.75) is 45.6 Å². The second kappa shape index (κ2) is 8.65. The van der Waals surface area contributed by atoms with Crippen molar-refractivity contribution in [3.05, 3.63) is 74.2 Å². The van der Waals surface area contributed by atoms with Gasteiger partial charge in [-0.3, -0.25) is 4.79 Å². The van der Waals surface area contributed by atoms with Gasteiger partial charge in [-0.1, -0.05) is 29.8 Å². The normalized spacial score (nSPS) is 17.4. The maximum atomic E-state index is 12.9. The van der Waals surface area contributed by atoms with Crippen LogP contribution in [-0.4, -0.2) is 36.7 Å². The number of likely N-dealkylation sites (tertiary alicyclic amines) is 1. The Labute approximate surface area is 179 Å². The zero-order valence-corrected chi connectivity index (χ0v) is 18.7. The molecular formula is C26H33N3O. The minimum absolute atomic E-state index is 0.130. The number of allylic oxidation sites excluding steroid dienone is 2. The molecular weight excluding hydrogens is 370 g/mol. The number of aryl methyl sites for hydroxylation is 1. The SMILES string of the molecule is CCn1c(=O)cc(C2CCN(C)CC2)c2c1=CCC=C(N(C)c1ccc(C)cc1)C=2. The lowest BCUT2D eigenvalue weighted by Gasteiger charge is -2.30. The summed E-state index contributed by atoms with van der Waals surface area (Å²) in [6.07, 6.45) is 9.84. The molecule has 1 aliphatic carbocycles. The molecule has 158 valence electrons. The molecule has 0 bridgehead atoms. The zero-order chi connectivity index (χ0) is 21.3. The van der Waals surface area contributed by atoms with Crippen molar-refractivity contribution < 1.29 is 0 Å². The minimum Gasteiger partial charge on any atom is -0.345 e. The first kappa shape index (κ1) is 20.7. The fraction of sp³-hybridized carbons (Fsp3) is 0.423. The quantitative estimate of drug-likeness (QED) is 0.786. The lowest BCUT2D eigenvalue weighted by molar-refractivity contribution is 0.254. The van der Waals surface area contributed by atoms with Crippen molar-refractivity contribution in [3.63, 3.8) is 0 Å². The van der Waals surface area contributed by atoms with E-state index in [2.05, 4.69) is 80.2 Å². The van der Waals surface area contributed by atoms with Gasteiger partial charge in [0.25, 0.3) is 5.56 Å². The van der Waals surface area contributed by atoms with Crippen LogP contribution in [0.1, 0.15) is 43.2 Å². The molecule has 4 rings (SSSR count). The topological polar surface area (TPSA) is 28.5 Å². The average Bonchev–Trinajstić information content (AvgIpc) is 2.97. The molecule has 0 amide bonds. The number of hydrogen-bond donors (Lipinski definition) is 0. The number of nitrogens with zero attached hydrogens (tertiary/aromatic N) is 3.